The first-order chi connectivity index (χ1) is 18.6. The van der Waals surface area contributed by atoms with Crippen LogP contribution in [0.1, 0.15) is 30.9 Å². The van der Waals surface area contributed by atoms with Crippen LogP contribution in [0.4, 0.5) is 0 Å². The third kappa shape index (κ3) is 4.03. The molecule has 2 aromatic heterocycles. The summed E-state index contributed by atoms with van der Waals surface area (Å²) in [6, 6.07) is 10.5. The highest BCUT2D eigenvalue weighted by Gasteiger charge is 2.28. The number of aryl methyl sites for hydroxylation is 1. The lowest BCUT2D eigenvalue weighted by molar-refractivity contribution is 0.376. The fourth-order valence-corrected chi connectivity index (χ4v) is 5.18. The zero-order chi connectivity index (χ0) is 28.2. The van der Waals surface area contributed by atoms with Crippen molar-refractivity contribution in [3.05, 3.63) is 85.9 Å². The quantitative estimate of drug-likeness (QED) is 0.164. The van der Waals surface area contributed by atoms with Crippen molar-refractivity contribution < 1.29 is 29.2 Å². The predicted octanol–water partition coefficient (Wildman–Crippen LogP) is 5.03. The minimum atomic E-state index is -0.736. The van der Waals surface area contributed by atoms with E-state index in [0.29, 0.717) is 27.8 Å². The molecule has 5 aromatic rings. The van der Waals surface area contributed by atoms with Crippen LogP contribution in [0.25, 0.3) is 32.8 Å². The van der Waals surface area contributed by atoms with E-state index in [0.717, 1.165) is 5.57 Å². The predicted molar refractivity (Wildman–Crippen MR) is 149 cm³/mol. The molecule has 0 radical (unpaired) electrons. The van der Waals surface area contributed by atoms with Crippen molar-refractivity contribution >= 4 is 32.8 Å². The van der Waals surface area contributed by atoms with Gasteiger partial charge >= 0.3 is 5.63 Å². The van der Waals surface area contributed by atoms with E-state index in [1.807, 2.05) is 19.9 Å². The molecule has 0 saturated carbocycles. The molecular weight excluding hydrogens is 502 g/mol. The number of rotatable bonds is 5. The Kier molecular flexibility index (Phi) is 6.22. The molecular formula is C30H27NO8. The molecule has 9 nitrogen and oxygen atoms in total. The average molecular weight is 530 g/mol. The minimum absolute atomic E-state index is 0.00320. The van der Waals surface area contributed by atoms with E-state index >= 15 is 0 Å². The van der Waals surface area contributed by atoms with Crippen LogP contribution < -0.4 is 20.5 Å². The number of aromatic nitrogens is 1. The Hall–Kier alpha value is -4.92. The summed E-state index contributed by atoms with van der Waals surface area (Å²) in [7, 11) is 4.50. The number of pyridine rings is 1. The van der Waals surface area contributed by atoms with E-state index in [1.165, 1.54) is 38.5 Å². The van der Waals surface area contributed by atoms with E-state index in [1.54, 1.807) is 29.8 Å². The highest BCUT2D eigenvalue weighted by atomic mass is 16.5. The van der Waals surface area contributed by atoms with Gasteiger partial charge < -0.3 is 33.8 Å². The number of allylic oxidation sites excluding steroid dienone is 2. The molecule has 0 amide bonds. The Bertz CT molecular complexity index is 1940. The van der Waals surface area contributed by atoms with Gasteiger partial charge in [-0.15, -0.1) is 0 Å². The second-order valence-electron chi connectivity index (χ2n) is 9.56. The van der Waals surface area contributed by atoms with Crippen LogP contribution in [0.15, 0.2) is 68.1 Å². The minimum Gasteiger partial charge on any atom is -0.507 e. The lowest BCUT2D eigenvalue weighted by Gasteiger charge is -2.22. The van der Waals surface area contributed by atoms with Gasteiger partial charge in [0.1, 0.15) is 22.8 Å². The molecule has 9 heteroatoms. The summed E-state index contributed by atoms with van der Waals surface area (Å²) in [4.78, 5) is 25.5. The molecule has 5 rings (SSSR count). The molecule has 0 spiro atoms. The van der Waals surface area contributed by atoms with E-state index in [2.05, 4.69) is 0 Å². The maximum absolute atomic E-state index is 13.7. The van der Waals surface area contributed by atoms with Crippen LogP contribution in [0.5, 0.6) is 28.7 Å². The van der Waals surface area contributed by atoms with E-state index in [4.69, 9.17) is 13.9 Å². The summed E-state index contributed by atoms with van der Waals surface area (Å²) < 4.78 is 17.9. The van der Waals surface area contributed by atoms with Gasteiger partial charge in [-0.3, -0.25) is 4.79 Å². The van der Waals surface area contributed by atoms with Gasteiger partial charge in [0.25, 0.3) is 0 Å². The molecule has 0 fully saturated rings. The van der Waals surface area contributed by atoms with Crippen LogP contribution in [0.2, 0.25) is 0 Å². The Labute approximate surface area is 222 Å². The van der Waals surface area contributed by atoms with Crippen LogP contribution in [-0.2, 0) is 7.05 Å². The third-order valence-electron chi connectivity index (χ3n) is 6.90. The molecule has 0 aliphatic carbocycles. The van der Waals surface area contributed by atoms with E-state index in [9.17, 15) is 24.9 Å². The third-order valence-corrected chi connectivity index (χ3v) is 6.90. The SMILES string of the molecule is COc1cc2oc(=O)ccc2cc1[C@H](C=C(C)C)c1c(O)cc2c(c1O)c(=O)c1ccc(O)c(OC)c1n2C. The fourth-order valence-electron chi connectivity index (χ4n) is 5.18. The topological polar surface area (TPSA) is 131 Å². The number of nitrogens with zero attached hydrogens (tertiary/aromatic N) is 1. The zero-order valence-electron chi connectivity index (χ0n) is 22.0. The molecule has 39 heavy (non-hydrogen) atoms. The number of benzene rings is 3. The molecule has 200 valence electrons. The molecule has 0 bridgehead atoms. The summed E-state index contributed by atoms with van der Waals surface area (Å²) >= 11 is 0. The lowest BCUT2D eigenvalue weighted by atomic mass is 9.86. The number of ether oxygens (including phenoxy) is 2. The highest BCUT2D eigenvalue weighted by Crippen LogP contribution is 2.47. The molecule has 1 atom stereocenters. The first-order valence-electron chi connectivity index (χ1n) is 12.1. The Morgan fingerprint density at radius 2 is 1.72 bits per heavy atom. The maximum Gasteiger partial charge on any atom is 0.336 e. The van der Waals surface area contributed by atoms with Crippen molar-refractivity contribution in [3.63, 3.8) is 0 Å². The molecule has 0 saturated heterocycles. The molecule has 0 unspecified atom stereocenters. The lowest BCUT2D eigenvalue weighted by Crippen LogP contribution is -2.12. The molecule has 2 heterocycles. The van der Waals surface area contributed by atoms with E-state index < -0.39 is 17.0 Å². The fraction of sp³-hybridized carbons (Fsp3) is 0.200. The number of methoxy groups -OCH3 is 2. The summed E-state index contributed by atoms with van der Waals surface area (Å²) in [5.41, 5.74) is 1.47. The Morgan fingerprint density at radius 1 is 0.974 bits per heavy atom. The van der Waals surface area contributed by atoms with Crippen LogP contribution in [0.3, 0.4) is 0 Å². The molecule has 0 aliphatic heterocycles. The van der Waals surface area contributed by atoms with Gasteiger partial charge in [0, 0.05) is 47.7 Å². The number of fused-ring (bicyclic) bond motifs is 3. The number of hydrogen-bond donors (Lipinski definition) is 3. The standard InChI is InChI=1S/C30H27NO8/c1-14(2)10-18(17-11-15-6-9-24(34)39-22(15)13-23(17)37-4)25-21(33)12-19-26(29(25)36)28(35)16-7-8-20(32)30(38-5)27(16)31(19)3/h6-13,18,32-33,36H,1-5H3/t18-/m0/s1. The van der Waals surface area contributed by atoms with Crippen molar-refractivity contribution in [2.24, 2.45) is 7.05 Å². The van der Waals surface area contributed by atoms with Crippen molar-refractivity contribution in [1.29, 1.82) is 0 Å². The van der Waals surface area contributed by atoms with Crippen LogP contribution >= 0.6 is 0 Å². The van der Waals surface area contributed by atoms with Gasteiger partial charge in [0.05, 0.1) is 36.0 Å². The van der Waals surface area contributed by atoms with Gasteiger partial charge in [-0.2, -0.15) is 0 Å². The Morgan fingerprint density at radius 3 is 2.38 bits per heavy atom. The number of aromatic hydroxyl groups is 3. The zero-order valence-corrected chi connectivity index (χ0v) is 22.0. The van der Waals surface area contributed by atoms with Gasteiger partial charge in [-0.25, -0.2) is 4.79 Å². The summed E-state index contributed by atoms with van der Waals surface area (Å²) in [6.07, 6.45) is 1.84. The Balaban J connectivity index is 1.90. The van der Waals surface area contributed by atoms with Crippen molar-refractivity contribution in [1.82, 2.24) is 4.57 Å². The van der Waals surface area contributed by atoms with Gasteiger partial charge in [-0.1, -0.05) is 11.6 Å². The first-order valence-corrected chi connectivity index (χ1v) is 12.1. The van der Waals surface area contributed by atoms with Crippen LogP contribution in [-0.4, -0.2) is 34.1 Å². The van der Waals surface area contributed by atoms with Crippen molar-refractivity contribution in [3.8, 4) is 28.7 Å². The highest BCUT2D eigenvalue weighted by molar-refractivity contribution is 6.01. The number of hydrogen-bond acceptors (Lipinski definition) is 8. The van der Waals surface area contributed by atoms with Gasteiger partial charge in [-0.05, 0) is 38.1 Å². The second-order valence-corrected chi connectivity index (χ2v) is 9.56. The maximum atomic E-state index is 13.7. The average Bonchev–Trinajstić information content (AvgIpc) is 2.89. The van der Waals surface area contributed by atoms with E-state index in [-0.39, 0.29) is 44.9 Å². The summed E-state index contributed by atoms with van der Waals surface area (Å²) in [5.74, 6) is -1.05. The van der Waals surface area contributed by atoms with Gasteiger partial charge in [0.2, 0.25) is 5.43 Å². The van der Waals surface area contributed by atoms with Crippen molar-refractivity contribution in [2.45, 2.75) is 19.8 Å². The molecule has 3 aromatic carbocycles. The van der Waals surface area contributed by atoms with Crippen LogP contribution in [0, 0.1) is 0 Å². The normalized spacial score (nSPS) is 12.1. The van der Waals surface area contributed by atoms with Crippen molar-refractivity contribution in [2.75, 3.05) is 14.2 Å². The number of phenols is 3. The molecule has 3 N–H and O–H groups in total. The number of phenolic OH excluding ortho intramolecular Hbond substituents is 3. The second kappa shape index (κ2) is 9.43. The smallest absolute Gasteiger partial charge is 0.336 e. The monoisotopic (exact) mass is 529 g/mol. The first kappa shape index (κ1) is 25.7. The summed E-state index contributed by atoms with van der Waals surface area (Å²) in [6.45, 7) is 3.75. The largest absolute Gasteiger partial charge is 0.507 e. The van der Waals surface area contributed by atoms with Gasteiger partial charge in [0.15, 0.2) is 11.5 Å². The molecule has 0 aliphatic rings. The summed E-state index contributed by atoms with van der Waals surface area (Å²) in [5, 5.41) is 34.1.